The third kappa shape index (κ3) is 6.35. The average molecular weight is 519 g/mol. The Morgan fingerprint density at radius 1 is 1.00 bits per heavy atom. The first-order valence-corrected chi connectivity index (χ1v) is 13.4. The number of thioether (sulfide) groups is 1. The zero-order valence-electron chi connectivity index (χ0n) is 19.8. The van der Waals surface area contributed by atoms with Gasteiger partial charge < -0.3 is 9.84 Å². The summed E-state index contributed by atoms with van der Waals surface area (Å²) in [5.74, 6) is 2.03. The van der Waals surface area contributed by atoms with Crippen molar-refractivity contribution in [1.82, 2.24) is 15.0 Å². The zero-order valence-corrected chi connectivity index (χ0v) is 21.3. The minimum absolute atomic E-state index is 0.00376. The summed E-state index contributed by atoms with van der Waals surface area (Å²) < 4.78 is 5.44. The van der Waals surface area contributed by atoms with Gasteiger partial charge in [-0.1, -0.05) is 59.2 Å². The molecule has 1 saturated heterocycles. The second-order valence-corrected chi connectivity index (χ2v) is 10.3. The van der Waals surface area contributed by atoms with Gasteiger partial charge in [-0.15, -0.1) is 11.8 Å². The highest BCUT2D eigenvalue weighted by atomic mass is 35.5. The van der Waals surface area contributed by atoms with Gasteiger partial charge >= 0.3 is 0 Å². The fourth-order valence-corrected chi connectivity index (χ4v) is 5.32. The molecule has 36 heavy (non-hydrogen) atoms. The van der Waals surface area contributed by atoms with Gasteiger partial charge in [-0.2, -0.15) is 4.98 Å². The first-order chi connectivity index (χ1) is 17.6. The highest BCUT2D eigenvalue weighted by Crippen LogP contribution is 2.27. The van der Waals surface area contributed by atoms with E-state index in [0.29, 0.717) is 23.3 Å². The van der Waals surface area contributed by atoms with E-state index < -0.39 is 0 Å². The summed E-state index contributed by atoms with van der Waals surface area (Å²) in [5, 5.41) is 7.75. The summed E-state index contributed by atoms with van der Waals surface area (Å²) in [5.41, 5.74) is 2.83. The predicted molar refractivity (Wildman–Crippen MR) is 144 cm³/mol. The summed E-state index contributed by atoms with van der Waals surface area (Å²) in [6.45, 7) is 2.17. The van der Waals surface area contributed by atoms with Crippen molar-refractivity contribution in [3.05, 3.63) is 95.3 Å². The number of nitrogens with zero attached hydrogens (tertiary/aromatic N) is 3. The van der Waals surface area contributed by atoms with E-state index in [0.717, 1.165) is 42.9 Å². The molecule has 3 aromatic carbocycles. The molecule has 1 amide bonds. The molecule has 0 saturated carbocycles. The number of benzene rings is 3. The largest absolute Gasteiger partial charge is 0.338 e. The van der Waals surface area contributed by atoms with Gasteiger partial charge in [-0.05, 0) is 67.9 Å². The van der Waals surface area contributed by atoms with Gasteiger partial charge in [0.05, 0.1) is 11.6 Å². The summed E-state index contributed by atoms with van der Waals surface area (Å²) in [7, 11) is 0. The second kappa shape index (κ2) is 11.7. The van der Waals surface area contributed by atoms with Crippen molar-refractivity contribution >= 4 is 35.0 Å². The summed E-state index contributed by atoms with van der Waals surface area (Å²) in [4.78, 5) is 20.8. The maximum absolute atomic E-state index is 12.8. The highest BCUT2D eigenvalue weighted by molar-refractivity contribution is 7.98. The Labute approximate surface area is 220 Å². The normalized spacial score (nSPS) is 14.6. The summed E-state index contributed by atoms with van der Waals surface area (Å²) >= 11 is 8.04. The fraction of sp³-hybridized carbons (Fsp3) is 0.250. The number of hydrogen-bond acceptors (Lipinski definition) is 6. The van der Waals surface area contributed by atoms with Crippen molar-refractivity contribution in [3.8, 4) is 11.4 Å². The number of piperidine rings is 1. The molecule has 0 radical (unpaired) electrons. The van der Waals surface area contributed by atoms with Crippen LogP contribution in [0.3, 0.4) is 0 Å². The maximum Gasteiger partial charge on any atom is 0.241 e. The van der Waals surface area contributed by atoms with Crippen molar-refractivity contribution < 1.29 is 9.32 Å². The van der Waals surface area contributed by atoms with E-state index in [1.165, 1.54) is 10.5 Å². The van der Waals surface area contributed by atoms with Crippen molar-refractivity contribution in [2.45, 2.75) is 30.0 Å². The van der Waals surface area contributed by atoms with Crippen LogP contribution >= 0.6 is 23.4 Å². The Morgan fingerprint density at radius 3 is 2.47 bits per heavy atom. The Balaban J connectivity index is 1.07. The maximum atomic E-state index is 12.8. The summed E-state index contributed by atoms with van der Waals surface area (Å²) in [6.07, 6.45) is 1.59. The van der Waals surface area contributed by atoms with Crippen LogP contribution in [-0.4, -0.2) is 34.0 Å². The van der Waals surface area contributed by atoms with Crippen molar-refractivity contribution in [2.24, 2.45) is 5.92 Å². The van der Waals surface area contributed by atoms with Crippen LogP contribution in [-0.2, 0) is 17.1 Å². The van der Waals surface area contributed by atoms with E-state index in [-0.39, 0.29) is 11.8 Å². The fourth-order valence-electron chi connectivity index (χ4n) is 4.23. The van der Waals surface area contributed by atoms with Crippen LogP contribution in [0.2, 0.25) is 5.02 Å². The van der Waals surface area contributed by atoms with Crippen molar-refractivity contribution in [1.29, 1.82) is 0 Å². The van der Waals surface area contributed by atoms with Crippen LogP contribution in [0.1, 0.15) is 24.3 Å². The number of anilines is 1. The lowest BCUT2D eigenvalue weighted by Crippen LogP contribution is -2.37. The van der Waals surface area contributed by atoms with E-state index in [2.05, 4.69) is 56.8 Å². The van der Waals surface area contributed by atoms with Crippen LogP contribution in [0, 0.1) is 5.92 Å². The number of aromatic nitrogens is 2. The molecule has 6 nitrogen and oxygen atoms in total. The van der Waals surface area contributed by atoms with Crippen LogP contribution in [0.25, 0.3) is 11.4 Å². The molecular formula is C28H27ClN4O2S. The topological polar surface area (TPSA) is 71.3 Å². The van der Waals surface area contributed by atoms with Gasteiger partial charge in [0, 0.05) is 27.8 Å². The second-order valence-electron chi connectivity index (χ2n) is 8.83. The van der Waals surface area contributed by atoms with Crippen molar-refractivity contribution in [2.75, 3.05) is 18.4 Å². The number of nitrogens with one attached hydrogen (secondary N) is 1. The lowest BCUT2D eigenvalue weighted by atomic mass is 9.96. The molecular weight excluding hydrogens is 492 g/mol. The average Bonchev–Trinajstić information content (AvgIpc) is 3.37. The minimum atomic E-state index is -0.00376. The van der Waals surface area contributed by atoms with Crippen LogP contribution in [0.5, 0.6) is 0 Å². The molecule has 8 heteroatoms. The highest BCUT2D eigenvalue weighted by Gasteiger charge is 2.26. The van der Waals surface area contributed by atoms with Gasteiger partial charge in [-0.25, -0.2) is 0 Å². The predicted octanol–water partition coefficient (Wildman–Crippen LogP) is 6.53. The molecule has 0 atom stereocenters. The Kier molecular flexibility index (Phi) is 8.01. The molecule has 0 aliphatic carbocycles. The molecule has 1 aliphatic rings. The number of rotatable bonds is 8. The molecule has 0 spiro atoms. The van der Waals surface area contributed by atoms with E-state index >= 15 is 0 Å². The first kappa shape index (κ1) is 24.6. The minimum Gasteiger partial charge on any atom is -0.338 e. The van der Waals surface area contributed by atoms with Gasteiger partial charge in [0.25, 0.3) is 0 Å². The molecule has 1 fully saturated rings. The smallest absolute Gasteiger partial charge is 0.241 e. The monoisotopic (exact) mass is 518 g/mol. The first-order valence-electron chi connectivity index (χ1n) is 12.0. The van der Waals surface area contributed by atoms with E-state index in [4.69, 9.17) is 16.1 Å². The quantitative estimate of drug-likeness (QED) is 0.267. The third-order valence-electron chi connectivity index (χ3n) is 6.27. The van der Waals surface area contributed by atoms with Crippen LogP contribution in [0.4, 0.5) is 5.69 Å². The van der Waals surface area contributed by atoms with Crippen molar-refractivity contribution in [3.63, 3.8) is 0 Å². The number of hydrogen-bond donors (Lipinski definition) is 1. The molecule has 4 aromatic rings. The molecule has 1 N–H and O–H groups in total. The van der Waals surface area contributed by atoms with E-state index in [1.807, 2.05) is 42.5 Å². The number of likely N-dealkylation sites (tertiary alicyclic amines) is 1. The molecule has 2 heterocycles. The number of amides is 1. The molecule has 0 unspecified atom stereocenters. The van der Waals surface area contributed by atoms with Crippen LogP contribution < -0.4 is 5.32 Å². The van der Waals surface area contributed by atoms with Crippen LogP contribution in [0.15, 0.2) is 88.3 Å². The SMILES string of the molecule is O=C(Nc1ccc(CSc2ccccc2)cc1)C1CCN(Cc2nc(-c3ccccc3Cl)no2)CC1. The number of carbonyl (C=O) groups is 1. The molecule has 1 aromatic heterocycles. The Morgan fingerprint density at radius 2 is 1.72 bits per heavy atom. The van der Waals surface area contributed by atoms with Gasteiger partial charge in [-0.3, -0.25) is 9.69 Å². The standard InChI is InChI=1S/C28H27ClN4O2S/c29-25-9-5-4-8-24(25)27-31-26(35-32-27)18-33-16-14-21(15-17-33)28(34)30-22-12-10-20(11-13-22)19-36-23-6-2-1-3-7-23/h1-13,21H,14-19H2,(H,30,34). The molecule has 1 aliphatic heterocycles. The van der Waals surface area contributed by atoms with Gasteiger partial charge in [0.1, 0.15) is 0 Å². The van der Waals surface area contributed by atoms with E-state index in [1.54, 1.807) is 11.8 Å². The molecule has 5 rings (SSSR count). The van der Waals surface area contributed by atoms with Gasteiger partial charge in [0.15, 0.2) is 0 Å². The Bertz CT molecular complexity index is 1290. The molecule has 184 valence electrons. The zero-order chi connectivity index (χ0) is 24.7. The number of halogens is 1. The van der Waals surface area contributed by atoms with E-state index in [9.17, 15) is 4.79 Å². The third-order valence-corrected chi connectivity index (χ3v) is 7.68. The lowest BCUT2D eigenvalue weighted by molar-refractivity contribution is -0.121. The summed E-state index contributed by atoms with van der Waals surface area (Å²) in [6, 6.07) is 25.9. The molecule has 0 bridgehead atoms. The van der Waals surface area contributed by atoms with Gasteiger partial charge in [0.2, 0.25) is 17.6 Å². The Hall–Kier alpha value is -3.13. The lowest BCUT2D eigenvalue weighted by Gasteiger charge is -2.30. The number of carbonyl (C=O) groups excluding carboxylic acids is 1.